The van der Waals surface area contributed by atoms with Crippen molar-refractivity contribution in [2.75, 3.05) is 18.6 Å². The zero-order valence-corrected chi connectivity index (χ0v) is 20.6. The molecule has 0 saturated heterocycles. The number of carboxylic acid groups (broad SMARTS) is 1. The summed E-state index contributed by atoms with van der Waals surface area (Å²) < 4.78 is 0. The fourth-order valence-electron chi connectivity index (χ4n) is 2.71. The van der Waals surface area contributed by atoms with Crippen molar-refractivity contribution in [1.29, 1.82) is 0 Å². The topological polar surface area (TPSA) is 215 Å². The maximum Gasteiger partial charge on any atom is 0.325 e. The third-order valence-corrected chi connectivity index (χ3v) is 5.75. The molecule has 0 heterocycles. The Hall–Kier alpha value is -2.54. The lowest BCUT2D eigenvalue weighted by molar-refractivity contribution is -0.141. The molecular formula is C20H39N7O5S. The van der Waals surface area contributed by atoms with Gasteiger partial charge in [0, 0.05) is 6.54 Å². The van der Waals surface area contributed by atoms with E-state index in [0.29, 0.717) is 25.0 Å². The van der Waals surface area contributed by atoms with E-state index in [1.165, 1.54) is 18.7 Å². The van der Waals surface area contributed by atoms with E-state index >= 15 is 0 Å². The Balaban J connectivity index is 5.43. The van der Waals surface area contributed by atoms with Crippen LogP contribution in [-0.4, -0.2) is 77.5 Å². The Labute approximate surface area is 199 Å². The highest BCUT2D eigenvalue weighted by molar-refractivity contribution is 7.98. The molecule has 0 bridgehead atoms. The fraction of sp³-hybridized carbons (Fsp3) is 0.750. The minimum Gasteiger partial charge on any atom is -0.480 e. The summed E-state index contributed by atoms with van der Waals surface area (Å²) in [6.45, 7) is 5.31. The number of rotatable bonds is 16. The van der Waals surface area contributed by atoms with Crippen molar-refractivity contribution in [2.45, 2.75) is 70.6 Å². The summed E-state index contributed by atoms with van der Waals surface area (Å²) in [6, 6.07) is -3.85. The third-order valence-electron chi connectivity index (χ3n) is 5.11. The number of thioether (sulfide) groups is 1. The second-order valence-corrected chi connectivity index (χ2v) is 8.82. The molecule has 10 N–H and O–H groups in total. The molecule has 0 saturated carbocycles. The van der Waals surface area contributed by atoms with Crippen LogP contribution < -0.4 is 33.2 Å². The number of nitrogens with zero attached hydrogens (tertiary/aromatic N) is 1. The zero-order chi connectivity index (χ0) is 25.6. The number of carboxylic acids is 1. The minimum atomic E-state index is -1.21. The summed E-state index contributed by atoms with van der Waals surface area (Å²) in [5.74, 6) is -2.45. The van der Waals surface area contributed by atoms with E-state index in [-0.39, 0.29) is 24.8 Å². The van der Waals surface area contributed by atoms with Gasteiger partial charge in [-0.3, -0.25) is 24.2 Å². The lowest BCUT2D eigenvalue weighted by Crippen LogP contribution is -2.57. The van der Waals surface area contributed by atoms with E-state index < -0.39 is 47.9 Å². The van der Waals surface area contributed by atoms with Gasteiger partial charge in [0.05, 0.1) is 6.04 Å². The van der Waals surface area contributed by atoms with E-state index in [2.05, 4.69) is 20.9 Å². The lowest BCUT2D eigenvalue weighted by Gasteiger charge is -2.25. The average Bonchev–Trinajstić information content (AvgIpc) is 2.76. The molecule has 190 valence electrons. The van der Waals surface area contributed by atoms with Crippen LogP contribution in [0.1, 0.15) is 46.5 Å². The first kappa shape index (κ1) is 30.5. The van der Waals surface area contributed by atoms with Gasteiger partial charge >= 0.3 is 5.97 Å². The SMILES string of the molecule is CCC(C)C(N)C(=O)NC(CCSC)C(=O)NC(CCCN=C(N)N)C(=O)NC(C)C(=O)O. The molecule has 0 aromatic heterocycles. The predicted octanol–water partition coefficient (Wildman–Crippen LogP) is -1.27. The number of amides is 3. The molecule has 0 fully saturated rings. The molecule has 0 aliphatic carbocycles. The number of hydrogen-bond donors (Lipinski definition) is 7. The van der Waals surface area contributed by atoms with Gasteiger partial charge in [-0.1, -0.05) is 20.3 Å². The van der Waals surface area contributed by atoms with Crippen molar-refractivity contribution in [2.24, 2.45) is 28.1 Å². The normalized spacial score (nSPS) is 15.3. The molecule has 12 nitrogen and oxygen atoms in total. The predicted molar refractivity (Wildman–Crippen MR) is 129 cm³/mol. The van der Waals surface area contributed by atoms with E-state index in [4.69, 9.17) is 22.3 Å². The van der Waals surface area contributed by atoms with Gasteiger partial charge in [-0.2, -0.15) is 11.8 Å². The van der Waals surface area contributed by atoms with Crippen molar-refractivity contribution in [3.8, 4) is 0 Å². The van der Waals surface area contributed by atoms with Crippen LogP contribution in [0.3, 0.4) is 0 Å². The van der Waals surface area contributed by atoms with Crippen LogP contribution in [0.5, 0.6) is 0 Å². The number of aliphatic imine (C=N–C) groups is 1. The van der Waals surface area contributed by atoms with E-state index in [9.17, 15) is 19.2 Å². The minimum absolute atomic E-state index is 0.0687. The summed E-state index contributed by atoms with van der Waals surface area (Å²) in [7, 11) is 0. The Morgan fingerprint density at radius 2 is 1.52 bits per heavy atom. The third kappa shape index (κ3) is 12.3. The quantitative estimate of drug-likeness (QED) is 0.0779. The van der Waals surface area contributed by atoms with E-state index in [1.54, 1.807) is 0 Å². The largest absolute Gasteiger partial charge is 0.480 e. The summed E-state index contributed by atoms with van der Waals surface area (Å²) in [6.07, 6.45) is 3.43. The summed E-state index contributed by atoms with van der Waals surface area (Å²) in [4.78, 5) is 53.1. The second kappa shape index (κ2) is 16.1. The van der Waals surface area contributed by atoms with E-state index in [0.717, 1.165) is 0 Å². The van der Waals surface area contributed by atoms with Gasteiger partial charge in [-0.25, -0.2) is 0 Å². The highest BCUT2D eigenvalue weighted by atomic mass is 32.2. The summed E-state index contributed by atoms with van der Waals surface area (Å²) in [5, 5.41) is 16.7. The first-order valence-electron chi connectivity index (χ1n) is 10.9. The van der Waals surface area contributed by atoms with E-state index in [1.807, 2.05) is 20.1 Å². The number of nitrogens with two attached hydrogens (primary N) is 3. The maximum absolute atomic E-state index is 13.0. The first-order valence-corrected chi connectivity index (χ1v) is 12.3. The van der Waals surface area contributed by atoms with Crippen LogP contribution in [-0.2, 0) is 19.2 Å². The second-order valence-electron chi connectivity index (χ2n) is 7.83. The Morgan fingerprint density at radius 3 is 2.03 bits per heavy atom. The van der Waals surface area contributed by atoms with Gasteiger partial charge in [0.25, 0.3) is 0 Å². The molecule has 33 heavy (non-hydrogen) atoms. The number of carbonyl (C=O) groups is 4. The monoisotopic (exact) mass is 489 g/mol. The van der Waals surface area contributed by atoms with Crippen LogP contribution >= 0.6 is 11.8 Å². The number of hydrogen-bond acceptors (Lipinski definition) is 7. The molecule has 0 aliphatic rings. The van der Waals surface area contributed by atoms with Gasteiger partial charge in [0.2, 0.25) is 17.7 Å². The molecule has 5 unspecified atom stereocenters. The highest BCUT2D eigenvalue weighted by Gasteiger charge is 2.29. The molecule has 13 heteroatoms. The molecule has 0 radical (unpaired) electrons. The molecule has 5 atom stereocenters. The first-order chi connectivity index (χ1) is 15.4. The highest BCUT2D eigenvalue weighted by Crippen LogP contribution is 2.08. The van der Waals surface area contributed by atoms with Gasteiger partial charge in [0.15, 0.2) is 5.96 Å². The van der Waals surface area contributed by atoms with Gasteiger partial charge in [-0.15, -0.1) is 0 Å². The number of nitrogens with one attached hydrogen (secondary N) is 3. The molecule has 0 aliphatic heterocycles. The van der Waals surface area contributed by atoms with Gasteiger partial charge < -0.3 is 38.3 Å². The summed E-state index contributed by atoms with van der Waals surface area (Å²) >= 11 is 1.50. The molecular weight excluding hydrogens is 450 g/mol. The lowest BCUT2D eigenvalue weighted by atomic mass is 9.99. The Kier molecular flexibility index (Phi) is 14.9. The van der Waals surface area contributed by atoms with Gasteiger partial charge in [0.1, 0.15) is 18.1 Å². The molecule has 0 aromatic carbocycles. The van der Waals surface area contributed by atoms with Crippen molar-refractivity contribution in [1.82, 2.24) is 16.0 Å². The molecule has 3 amide bonds. The maximum atomic E-state index is 13.0. The molecule has 0 spiro atoms. The number of aliphatic carboxylic acids is 1. The Bertz CT molecular complexity index is 688. The van der Waals surface area contributed by atoms with Crippen LogP contribution in [0.2, 0.25) is 0 Å². The van der Waals surface area contributed by atoms with Crippen LogP contribution in [0, 0.1) is 5.92 Å². The van der Waals surface area contributed by atoms with Crippen LogP contribution in [0.4, 0.5) is 0 Å². The van der Waals surface area contributed by atoms with Crippen molar-refractivity contribution in [3.63, 3.8) is 0 Å². The number of carbonyl (C=O) groups excluding carboxylic acids is 3. The van der Waals surface area contributed by atoms with Crippen molar-refractivity contribution < 1.29 is 24.3 Å². The zero-order valence-electron chi connectivity index (χ0n) is 19.8. The van der Waals surface area contributed by atoms with Crippen LogP contribution in [0.25, 0.3) is 0 Å². The van der Waals surface area contributed by atoms with Crippen molar-refractivity contribution >= 4 is 41.4 Å². The van der Waals surface area contributed by atoms with Crippen molar-refractivity contribution in [3.05, 3.63) is 0 Å². The fourth-order valence-corrected chi connectivity index (χ4v) is 3.18. The smallest absolute Gasteiger partial charge is 0.325 e. The van der Waals surface area contributed by atoms with Crippen LogP contribution in [0.15, 0.2) is 4.99 Å². The molecule has 0 aromatic rings. The molecule has 0 rings (SSSR count). The standard InChI is InChI=1S/C20H39N7O5S/c1-5-11(2)15(21)18(30)27-14(8-10-33-4)17(29)26-13(7-6-9-24-20(22)23)16(28)25-12(3)19(31)32/h11-15H,5-10,21H2,1-4H3,(H,25,28)(H,26,29)(H,27,30)(H,31,32)(H4,22,23,24). The average molecular weight is 490 g/mol. The van der Waals surface area contributed by atoms with Gasteiger partial charge in [-0.05, 0) is 44.1 Å². The summed E-state index contributed by atoms with van der Waals surface area (Å²) in [5.41, 5.74) is 16.6. The number of guanidine groups is 1. The Morgan fingerprint density at radius 1 is 0.970 bits per heavy atom.